The van der Waals surface area contributed by atoms with Crippen molar-refractivity contribution < 1.29 is 4.39 Å². The molecule has 0 aliphatic heterocycles. The summed E-state index contributed by atoms with van der Waals surface area (Å²) in [6.07, 6.45) is 0. The van der Waals surface area contributed by atoms with Crippen molar-refractivity contribution in [3.63, 3.8) is 0 Å². The molecule has 2 aromatic rings. The third-order valence-corrected chi connectivity index (χ3v) is 2.99. The highest BCUT2D eigenvalue weighted by Crippen LogP contribution is 2.25. The van der Waals surface area contributed by atoms with Gasteiger partial charge in [0.2, 0.25) is 0 Å². The minimum Gasteiger partial charge on any atom is -0.330 e. The molecule has 1 unspecified atom stereocenters. The van der Waals surface area contributed by atoms with E-state index in [-0.39, 0.29) is 11.7 Å². The lowest BCUT2D eigenvalue weighted by Crippen LogP contribution is -2.13. The maximum absolute atomic E-state index is 12.9. The van der Waals surface area contributed by atoms with Crippen LogP contribution in [0.15, 0.2) is 48.5 Å². The molecule has 3 heteroatoms. The van der Waals surface area contributed by atoms with E-state index in [1.165, 1.54) is 12.1 Å². The molecule has 0 bridgehead atoms. The number of hydrogen-bond donors (Lipinski definition) is 1. The Bertz CT molecular complexity index is 496. The monoisotopic (exact) mass is 249 g/mol. The van der Waals surface area contributed by atoms with E-state index in [9.17, 15) is 4.39 Å². The zero-order valence-corrected chi connectivity index (χ0v) is 9.99. The lowest BCUT2D eigenvalue weighted by atomic mass is 9.91. The molecule has 0 saturated carbocycles. The summed E-state index contributed by atoms with van der Waals surface area (Å²) in [5, 5.41) is 0.683. The molecule has 2 N–H and O–H groups in total. The van der Waals surface area contributed by atoms with Gasteiger partial charge in [-0.25, -0.2) is 4.39 Å². The Morgan fingerprint density at radius 1 is 1.06 bits per heavy atom. The van der Waals surface area contributed by atoms with Crippen LogP contribution in [-0.4, -0.2) is 6.54 Å². The van der Waals surface area contributed by atoms with Gasteiger partial charge in [-0.1, -0.05) is 35.9 Å². The van der Waals surface area contributed by atoms with Gasteiger partial charge in [-0.3, -0.25) is 0 Å². The standard InChI is InChI=1S/C14H13ClFN/c15-12-3-1-2-11(8-12)14(9-17)10-4-6-13(16)7-5-10/h1-8,14H,9,17H2. The molecule has 0 aromatic heterocycles. The zero-order valence-electron chi connectivity index (χ0n) is 9.24. The van der Waals surface area contributed by atoms with Gasteiger partial charge in [0.25, 0.3) is 0 Å². The average Bonchev–Trinajstić information content (AvgIpc) is 2.33. The summed E-state index contributed by atoms with van der Waals surface area (Å²) in [6, 6.07) is 14.0. The highest BCUT2D eigenvalue weighted by atomic mass is 35.5. The SMILES string of the molecule is NCC(c1ccc(F)cc1)c1cccc(Cl)c1. The Hall–Kier alpha value is -1.38. The molecule has 88 valence electrons. The number of benzene rings is 2. The smallest absolute Gasteiger partial charge is 0.123 e. The second-order valence-electron chi connectivity index (χ2n) is 3.89. The molecule has 0 aliphatic carbocycles. The zero-order chi connectivity index (χ0) is 12.3. The molecule has 1 atom stereocenters. The topological polar surface area (TPSA) is 26.0 Å². The molecule has 0 radical (unpaired) electrons. The highest BCUT2D eigenvalue weighted by Gasteiger charge is 2.12. The van der Waals surface area contributed by atoms with Crippen LogP contribution in [0.1, 0.15) is 17.0 Å². The molecule has 0 aliphatic rings. The first kappa shape index (κ1) is 12.1. The molecule has 1 nitrogen and oxygen atoms in total. The van der Waals surface area contributed by atoms with Crippen molar-refractivity contribution in [3.05, 3.63) is 70.5 Å². The number of nitrogens with two attached hydrogens (primary N) is 1. The maximum Gasteiger partial charge on any atom is 0.123 e. The van der Waals surface area contributed by atoms with Gasteiger partial charge >= 0.3 is 0 Å². The fourth-order valence-electron chi connectivity index (χ4n) is 1.88. The van der Waals surface area contributed by atoms with Crippen molar-refractivity contribution in [2.24, 2.45) is 5.73 Å². The maximum atomic E-state index is 12.9. The number of rotatable bonds is 3. The van der Waals surface area contributed by atoms with Gasteiger partial charge in [-0.05, 0) is 35.4 Å². The Morgan fingerprint density at radius 3 is 2.35 bits per heavy atom. The summed E-state index contributed by atoms with van der Waals surface area (Å²) >= 11 is 5.96. The van der Waals surface area contributed by atoms with Gasteiger partial charge < -0.3 is 5.73 Å². The fourth-order valence-corrected chi connectivity index (χ4v) is 2.08. The highest BCUT2D eigenvalue weighted by molar-refractivity contribution is 6.30. The molecule has 0 fully saturated rings. The minimum absolute atomic E-state index is 0.0503. The Labute approximate surface area is 105 Å². The molecular weight excluding hydrogens is 237 g/mol. The van der Waals surface area contributed by atoms with Crippen LogP contribution in [0.3, 0.4) is 0 Å². The average molecular weight is 250 g/mol. The van der Waals surface area contributed by atoms with Crippen LogP contribution >= 0.6 is 11.6 Å². The van der Waals surface area contributed by atoms with Crippen molar-refractivity contribution in [3.8, 4) is 0 Å². The van der Waals surface area contributed by atoms with Gasteiger partial charge in [0.05, 0.1) is 0 Å². The van der Waals surface area contributed by atoms with E-state index >= 15 is 0 Å². The number of hydrogen-bond acceptors (Lipinski definition) is 1. The largest absolute Gasteiger partial charge is 0.330 e. The Kier molecular flexibility index (Phi) is 3.77. The normalized spacial score (nSPS) is 12.4. The van der Waals surface area contributed by atoms with Crippen molar-refractivity contribution in [2.45, 2.75) is 5.92 Å². The fraction of sp³-hybridized carbons (Fsp3) is 0.143. The minimum atomic E-state index is -0.240. The van der Waals surface area contributed by atoms with Crippen LogP contribution in [0.5, 0.6) is 0 Å². The first-order valence-corrected chi connectivity index (χ1v) is 5.79. The summed E-state index contributed by atoms with van der Waals surface area (Å²) in [5.41, 5.74) is 7.83. The lowest BCUT2D eigenvalue weighted by Gasteiger charge is -2.16. The van der Waals surface area contributed by atoms with E-state index in [1.54, 1.807) is 12.1 Å². The molecule has 0 amide bonds. The quantitative estimate of drug-likeness (QED) is 0.884. The summed E-state index contributed by atoms with van der Waals surface area (Å²) in [7, 11) is 0. The summed E-state index contributed by atoms with van der Waals surface area (Å²) in [5.74, 6) is -0.190. The van der Waals surface area contributed by atoms with Gasteiger partial charge in [0, 0.05) is 17.5 Å². The summed E-state index contributed by atoms with van der Waals surface area (Å²) < 4.78 is 12.9. The third kappa shape index (κ3) is 2.84. The van der Waals surface area contributed by atoms with Crippen LogP contribution in [0, 0.1) is 5.82 Å². The predicted molar refractivity (Wildman–Crippen MR) is 68.7 cm³/mol. The molecule has 17 heavy (non-hydrogen) atoms. The van der Waals surface area contributed by atoms with E-state index in [0.717, 1.165) is 11.1 Å². The van der Waals surface area contributed by atoms with Gasteiger partial charge in [0.15, 0.2) is 0 Å². The van der Waals surface area contributed by atoms with E-state index in [4.69, 9.17) is 17.3 Å². The van der Waals surface area contributed by atoms with Crippen molar-refractivity contribution in [1.82, 2.24) is 0 Å². The second kappa shape index (κ2) is 5.30. The van der Waals surface area contributed by atoms with E-state index in [2.05, 4.69) is 0 Å². The van der Waals surface area contributed by atoms with Crippen LogP contribution in [0.25, 0.3) is 0 Å². The van der Waals surface area contributed by atoms with Crippen LogP contribution in [-0.2, 0) is 0 Å². The molecule has 0 spiro atoms. The van der Waals surface area contributed by atoms with Crippen molar-refractivity contribution in [2.75, 3.05) is 6.54 Å². The first-order chi connectivity index (χ1) is 8.20. The van der Waals surface area contributed by atoms with Gasteiger partial charge in [0.1, 0.15) is 5.82 Å². The summed E-state index contributed by atoms with van der Waals surface area (Å²) in [4.78, 5) is 0. The molecular formula is C14H13ClFN. The third-order valence-electron chi connectivity index (χ3n) is 2.76. The molecule has 2 rings (SSSR count). The van der Waals surface area contributed by atoms with Crippen molar-refractivity contribution >= 4 is 11.6 Å². The van der Waals surface area contributed by atoms with Crippen LogP contribution in [0.2, 0.25) is 5.02 Å². The first-order valence-electron chi connectivity index (χ1n) is 5.41. The Morgan fingerprint density at radius 2 is 1.76 bits per heavy atom. The Balaban J connectivity index is 2.36. The second-order valence-corrected chi connectivity index (χ2v) is 4.33. The van der Waals surface area contributed by atoms with E-state index in [1.807, 2.05) is 24.3 Å². The van der Waals surface area contributed by atoms with Gasteiger partial charge in [-0.2, -0.15) is 0 Å². The summed E-state index contributed by atoms with van der Waals surface area (Å²) in [6.45, 7) is 0.464. The van der Waals surface area contributed by atoms with Gasteiger partial charge in [-0.15, -0.1) is 0 Å². The molecule has 0 heterocycles. The van der Waals surface area contributed by atoms with E-state index in [0.29, 0.717) is 11.6 Å². The van der Waals surface area contributed by atoms with Crippen LogP contribution < -0.4 is 5.73 Å². The van der Waals surface area contributed by atoms with E-state index < -0.39 is 0 Å². The molecule has 2 aromatic carbocycles. The molecule has 0 saturated heterocycles. The predicted octanol–water partition coefficient (Wildman–Crippen LogP) is 3.57. The number of halogens is 2. The van der Waals surface area contributed by atoms with Crippen molar-refractivity contribution in [1.29, 1.82) is 0 Å². The lowest BCUT2D eigenvalue weighted by molar-refractivity contribution is 0.626. The van der Waals surface area contributed by atoms with Crippen LogP contribution in [0.4, 0.5) is 4.39 Å².